The molecule has 0 bridgehead atoms. The molecule has 0 saturated carbocycles. The fraction of sp³-hybridized carbons (Fsp3) is 0.111. The molecule has 8 nitrogen and oxygen atoms in total. The lowest BCUT2D eigenvalue weighted by molar-refractivity contribution is -0.139. The third-order valence-corrected chi connectivity index (χ3v) is 3.15. The van der Waals surface area contributed by atoms with Gasteiger partial charge in [0.1, 0.15) is 11.5 Å². The molecule has 2 aromatic carbocycles. The van der Waals surface area contributed by atoms with E-state index in [0.29, 0.717) is 22.6 Å². The molecule has 0 aliphatic rings. The molecule has 26 heavy (non-hydrogen) atoms. The van der Waals surface area contributed by atoms with Crippen molar-refractivity contribution in [1.82, 2.24) is 10.9 Å². The average Bonchev–Trinajstić information content (AvgIpc) is 2.68. The Hall–Kier alpha value is -3.68. The van der Waals surface area contributed by atoms with Crippen LogP contribution < -0.4 is 20.3 Å². The lowest BCUT2D eigenvalue weighted by Crippen LogP contribution is -2.35. The maximum absolute atomic E-state index is 11.6. The largest absolute Gasteiger partial charge is 0.497 e. The molecule has 0 aliphatic carbocycles. The van der Waals surface area contributed by atoms with Crippen molar-refractivity contribution in [3.05, 3.63) is 59.7 Å². The fourth-order valence-electron chi connectivity index (χ4n) is 1.88. The molecule has 0 unspecified atom stereocenters. The van der Waals surface area contributed by atoms with Gasteiger partial charge in [0, 0.05) is 0 Å². The summed E-state index contributed by atoms with van der Waals surface area (Å²) in [6, 6.07) is 14.1. The molecule has 8 heteroatoms. The van der Waals surface area contributed by atoms with Crippen LogP contribution in [-0.2, 0) is 9.59 Å². The smallest absolute Gasteiger partial charge is 0.331 e. The first-order chi connectivity index (χ1) is 12.6. The van der Waals surface area contributed by atoms with E-state index in [9.17, 15) is 9.59 Å². The number of carbonyl (C=O) groups is 2. The summed E-state index contributed by atoms with van der Waals surface area (Å²) in [6.07, 6.45) is 2.79. The molecule has 2 N–H and O–H groups in total. The van der Waals surface area contributed by atoms with Gasteiger partial charge >= 0.3 is 11.8 Å². The Morgan fingerprint density at radius 2 is 1.23 bits per heavy atom. The fourth-order valence-corrected chi connectivity index (χ4v) is 1.88. The highest BCUT2D eigenvalue weighted by molar-refractivity contribution is 6.35. The second kappa shape index (κ2) is 9.58. The lowest BCUT2D eigenvalue weighted by Gasteiger charge is -2.01. The van der Waals surface area contributed by atoms with E-state index in [-0.39, 0.29) is 0 Å². The predicted molar refractivity (Wildman–Crippen MR) is 97.5 cm³/mol. The van der Waals surface area contributed by atoms with Gasteiger partial charge in [-0.15, -0.1) is 0 Å². The Morgan fingerprint density at radius 3 is 1.62 bits per heavy atom. The van der Waals surface area contributed by atoms with E-state index >= 15 is 0 Å². The Morgan fingerprint density at radius 1 is 0.808 bits per heavy atom. The maximum Gasteiger partial charge on any atom is 0.331 e. The Balaban J connectivity index is 1.84. The summed E-state index contributed by atoms with van der Waals surface area (Å²) < 4.78 is 10.2. The number of ether oxygens (including phenoxy) is 2. The molecule has 0 spiro atoms. The van der Waals surface area contributed by atoms with Crippen LogP contribution in [0.4, 0.5) is 0 Å². The van der Waals surface area contributed by atoms with Crippen molar-refractivity contribution >= 4 is 24.2 Å². The van der Waals surface area contributed by atoms with Crippen molar-refractivity contribution < 1.29 is 19.1 Å². The standard InChI is InChI=1S/C18H18N4O4/c1-25-15-7-3-5-13(9-15)11-19-21-17(23)18(24)22-20-12-14-6-4-8-16(10-14)26-2/h3-12H,1-2H3,(H,21,23)(H,22,24)/b19-11-,20-12-. The van der Waals surface area contributed by atoms with E-state index < -0.39 is 11.8 Å². The summed E-state index contributed by atoms with van der Waals surface area (Å²) in [7, 11) is 3.10. The number of hydrazone groups is 2. The van der Waals surface area contributed by atoms with Crippen LogP contribution in [0.5, 0.6) is 11.5 Å². The van der Waals surface area contributed by atoms with Gasteiger partial charge in [0.15, 0.2) is 0 Å². The van der Waals surface area contributed by atoms with Crippen molar-refractivity contribution in [2.45, 2.75) is 0 Å². The average molecular weight is 354 g/mol. The molecule has 0 aromatic heterocycles. The maximum atomic E-state index is 11.6. The quantitative estimate of drug-likeness (QED) is 0.464. The van der Waals surface area contributed by atoms with Crippen LogP contribution in [0.25, 0.3) is 0 Å². The Labute approximate surface area is 150 Å². The summed E-state index contributed by atoms with van der Waals surface area (Å²) in [5.74, 6) is -0.561. The Bertz CT molecular complexity index is 764. The van der Waals surface area contributed by atoms with Crippen LogP contribution in [0.3, 0.4) is 0 Å². The molecule has 134 valence electrons. The van der Waals surface area contributed by atoms with Gasteiger partial charge in [-0.05, 0) is 35.4 Å². The van der Waals surface area contributed by atoms with Crippen molar-refractivity contribution in [3.8, 4) is 11.5 Å². The molecule has 0 atom stereocenters. The van der Waals surface area contributed by atoms with E-state index in [0.717, 1.165) is 0 Å². The summed E-state index contributed by atoms with van der Waals surface area (Å²) in [6.45, 7) is 0. The second-order valence-electron chi connectivity index (χ2n) is 4.95. The van der Waals surface area contributed by atoms with Crippen molar-refractivity contribution in [3.63, 3.8) is 0 Å². The first kappa shape index (κ1) is 18.7. The molecule has 2 rings (SSSR count). The van der Waals surface area contributed by atoms with Gasteiger partial charge in [-0.3, -0.25) is 9.59 Å². The number of hydrogen-bond acceptors (Lipinski definition) is 6. The minimum Gasteiger partial charge on any atom is -0.497 e. The van der Waals surface area contributed by atoms with Crippen LogP contribution in [0.1, 0.15) is 11.1 Å². The van der Waals surface area contributed by atoms with E-state index in [2.05, 4.69) is 21.1 Å². The third-order valence-electron chi connectivity index (χ3n) is 3.15. The predicted octanol–water partition coefficient (Wildman–Crippen LogP) is 1.30. The molecule has 2 amide bonds. The van der Waals surface area contributed by atoms with E-state index in [1.165, 1.54) is 12.4 Å². The molecule has 0 fully saturated rings. The summed E-state index contributed by atoms with van der Waals surface area (Å²) >= 11 is 0. The first-order valence-corrected chi connectivity index (χ1v) is 7.57. The minimum absolute atomic E-state index is 0.657. The van der Waals surface area contributed by atoms with Gasteiger partial charge in [0.05, 0.1) is 26.6 Å². The molecule has 0 saturated heterocycles. The summed E-state index contributed by atoms with van der Waals surface area (Å²) in [4.78, 5) is 23.3. The van der Waals surface area contributed by atoms with E-state index in [1.807, 2.05) is 0 Å². The van der Waals surface area contributed by atoms with Gasteiger partial charge in [-0.1, -0.05) is 24.3 Å². The monoisotopic (exact) mass is 354 g/mol. The van der Waals surface area contributed by atoms with Crippen molar-refractivity contribution in [2.24, 2.45) is 10.2 Å². The number of nitrogens with one attached hydrogen (secondary N) is 2. The molecule has 0 radical (unpaired) electrons. The van der Waals surface area contributed by atoms with Gasteiger partial charge in [-0.2, -0.15) is 10.2 Å². The van der Waals surface area contributed by atoms with Gasteiger partial charge in [-0.25, -0.2) is 10.9 Å². The second-order valence-corrected chi connectivity index (χ2v) is 4.95. The highest BCUT2D eigenvalue weighted by Gasteiger charge is 2.11. The molecular formula is C18H18N4O4. The lowest BCUT2D eigenvalue weighted by atomic mass is 10.2. The van der Waals surface area contributed by atoms with Crippen molar-refractivity contribution in [2.75, 3.05) is 14.2 Å². The van der Waals surface area contributed by atoms with Crippen LogP contribution in [0.2, 0.25) is 0 Å². The first-order valence-electron chi connectivity index (χ1n) is 7.57. The van der Waals surface area contributed by atoms with Crippen LogP contribution in [0.15, 0.2) is 58.7 Å². The number of hydrogen-bond donors (Lipinski definition) is 2. The van der Waals surface area contributed by atoms with Crippen molar-refractivity contribution in [1.29, 1.82) is 0 Å². The summed E-state index contributed by atoms with van der Waals surface area (Å²) in [5, 5.41) is 7.44. The van der Waals surface area contributed by atoms with Crippen LogP contribution >= 0.6 is 0 Å². The van der Waals surface area contributed by atoms with Gasteiger partial charge < -0.3 is 9.47 Å². The van der Waals surface area contributed by atoms with Gasteiger partial charge in [0.25, 0.3) is 0 Å². The summed E-state index contributed by atoms with van der Waals surface area (Å²) in [5.41, 5.74) is 5.66. The zero-order valence-electron chi connectivity index (χ0n) is 14.3. The zero-order valence-corrected chi connectivity index (χ0v) is 14.3. The number of amides is 2. The Kier molecular flexibility index (Phi) is 6.87. The number of carbonyl (C=O) groups excluding carboxylic acids is 2. The molecule has 0 aliphatic heterocycles. The molecule has 2 aromatic rings. The van der Waals surface area contributed by atoms with E-state index in [1.54, 1.807) is 62.8 Å². The number of nitrogens with zero attached hydrogens (tertiary/aromatic N) is 2. The highest BCUT2D eigenvalue weighted by Crippen LogP contribution is 2.11. The number of rotatable bonds is 6. The topological polar surface area (TPSA) is 101 Å². The number of benzene rings is 2. The minimum atomic E-state index is -0.938. The molecular weight excluding hydrogens is 336 g/mol. The third kappa shape index (κ3) is 5.75. The van der Waals surface area contributed by atoms with Crippen LogP contribution in [0, 0.1) is 0 Å². The number of methoxy groups -OCH3 is 2. The van der Waals surface area contributed by atoms with Crippen LogP contribution in [-0.4, -0.2) is 38.5 Å². The zero-order chi connectivity index (χ0) is 18.8. The van der Waals surface area contributed by atoms with E-state index in [4.69, 9.17) is 9.47 Å². The van der Waals surface area contributed by atoms with Gasteiger partial charge in [0.2, 0.25) is 0 Å². The molecule has 0 heterocycles. The normalized spacial score (nSPS) is 10.7. The highest BCUT2D eigenvalue weighted by atomic mass is 16.5. The SMILES string of the molecule is COc1cccc(/C=N\NC(=O)C(=O)N/N=C\c2cccc(OC)c2)c1.